The Balaban J connectivity index is 2.22. The van der Waals surface area contributed by atoms with Crippen molar-refractivity contribution in [1.29, 1.82) is 0 Å². The van der Waals surface area contributed by atoms with Crippen molar-refractivity contribution in [3.05, 3.63) is 81.9 Å². The summed E-state index contributed by atoms with van der Waals surface area (Å²) in [7, 11) is 0. The predicted molar refractivity (Wildman–Crippen MR) is 109 cm³/mol. The summed E-state index contributed by atoms with van der Waals surface area (Å²) in [5.74, 6) is 0. The number of hydrogen-bond donors (Lipinski definition) is 2. The summed E-state index contributed by atoms with van der Waals surface area (Å²) in [6.07, 6.45) is 0.870. The van der Waals surface area contributed by atoms with Gasteiger partial charge in [0, 0.05) is 11.4 Å². The molecule has 0 fully saturated rings. The average molecular weight is 330 g/mol. The molecule has 3 aromatic rings. The fourth-order valence-electron chi connectivity index (χ4n) is 3.46. The van der Waals surface area contributed by atoms with Gasteiger partial charge in [0.1, 0.15) is 0 Å². The first kappa shape index (κ1) is 17.1. The number of anilines is 2. The summed E-state index contributed by atoms with van der Waals surface area (Å²) in [6.45, 7) is 8.34. The Kier molecular flexibility index (Phi) is 4.54. The van der Waals surface area contributed by atoms with Crippen LogP contribution < -0.4 is 11.5 Å². The lowest BCUT2D eigenvalue weighted by Gasteiger charge is -2.19. The van der Waals surface area contributed by atoms with Crippen molar-refractivity contribution in [1.82, 2.24) is 0 Å². The molecule has 0 saturated carbocycles. The van der Waals surface area contributed by atoms with Crippen LogP contribution >= 0.6 is 0 Å². The molecule has 2 heteroatoms. The van der Waals surface area contributed by atoms with Crippen molar-refractivity contribution < 1.29 is 0 Å². The minimum atomic E-state index is 0.870. The zero-order valence-corrected chi connectivity index (χ0v) is 15.5. The molecule has 0 atom stereocenters. The zero-order valence-electron chi connectivity index (χ0n) is 15.5. The topological polar surface area (TPSA) is 52.0 Å². The van der Waals surface area contributed by atoms with Gasteiger partial charge < -0.3 is 11.5 Å². The molecule has 0 saturated heterocycles. The quantitative estimate of drug-likeness (QED) is 0.637. The maximum absolute atomic E-state index is 6.35. The maximum atomic E-state index is 6.35. The van der Waals surface area contributed by atoms with Gasteiger partial charge in [-0.05, 0) is 96.8 Å². The highest BCUT2D eigenvalue weighted by molar-refractivity contribution is 5.78. The third-order valence-corrected chi connectivity index (χ3v) is 5.10. The van der Waals surface area contributed by atoms with Gasteiger partial charge in [0.15, 0.2) is 0 Å². The van der Waals surface area contributed by atoms with Crippen LogP contribution in [0.1, 0.15) is 33.4 Å². The van der Waals surface area contributed by atoms with Gasteiger partial charge in [-0.2, -0.15) is 0 Å². The summed E-state index contributed by atoms with van der Waals surface area (Å²) < 4.78 is 0. The first-order valence-electron chi connectivity index (χ1n) is 8.68. The van der Waals surface area contributed by atoms with E-state index >= 15 is 0 Å². The number of benzene rings is 3. The van der Waals surface area contributed by atoms with E-state index in [1.807, 2.05) is 6.07 Å². The second-order valence-corrected chi connectivity index (χ2v) is 6.94. The summed E-state index contributed by atoms with van der Waals surface area (Å²) in [4.78, 5) is 0. The molecule has 0 aromatic heterocycles. The second-order valence-electron chi connectivity index (χ2n) is 6.94. The largest absolute Gasteiger partial charge is 0.398 e. The van der Waals surface area contributed by atoms with Gasteiger partial charge in [0.2, 0.25) is 0 Å². The van der Waals surface area contributed by atoms with E-state index in [1.54, 1.807) is 0 Å². The van der Waals surface area contributed by atoms with E-state index in [1.165, 1.54) is 27.8 Å². The number of rotatable bonds is 3. The molecular formula is C23H26N2. The molecule has 128 valence electrons. The molecule has 0 aliphatic heterocycles. The summed E-state index contributed by atoms with van der Waals surface area (Å²) >= 11 is 0. The molecule has 3 rings (SSSR count). The van der Waals surface area contributed by atoms with Crippen LogP contribution in [-0.2, 0) is 6.42 Å². The Morgan fingerprint density at radius 1 is 0.720 bits per heavy atom. The van der Waals surface area contributed by atoms with E-state index < -0.39 is 0 Å². The van der Waals surface area contributed by atoms with Crippen molar-refractivity contribution >= 4 is 11.4 Å². The maximum Gasteiger partial charge on any atom is 0.0376 e. The van der Waals surface area contributed by atoms with E-state index in [9.17, 15) is 0 Å². The van der Waals surface area contributed by atoms with Gasteiger partial charge in [-0.1, -0.05) is 30.3 Å². The zero-order chi connectivity index (χ0) is 18.1. The van der Waals surface area contributed by atoms with Gasteiger partial charge in [0.25, 0.3) is 0 Å². The van der Waals surface area contributed by atoms with Crippen LogP contribution in [0.5, 0.6) is 0 Å². The van der Waals surface area contributed by atoms with Crippen molar-refractivity contribution in [2.45, 2.75) is 34.1 Å². The Hall–Kier alpha value is -2.74. The molecule has 3 aromatic carbocycles. The average Bonchev–Trinajstić information content (AvgIpc) is 2.60. The van der Waals surface area contributed by atoms with Crippen LogP contribution in [0.25, 0.3) is 11.1 Å². The second kappa shape index (κ2) is 6.64. The molecule has 0 unspecified atom stereocenters. The molecule has 2 nitrogen and oxygen atoms in total. The van der Waals surface area contributed by atoms with Gasteiger partial charge in [0.05, 0.1) is 0 Å². The summed E-state index contributed by atoms with van der Waals surface area (Å²) in [5, 5.41) is 0. The van der Waals surface area contributed by atoms with E-state index in [2.05, 4.69) is 70.2 Å². The van der Waals surface area contributed by atoms with Crippen LogP contribution in [0, 0.1) is 27.7 Å². The van der Waals surface area contributed by atoms with Gasteiger partial charge in [-0.3, -0.25) is 0 Å². The van der Waals surface area contributed by atoms with E-state index in [-0.39, 0.29) is 0 Å². The lowest BCUT2D eigenvalue weighted by atomic mass is 9.87. The van der Waals surface area contributed by atoms with Crippen LogP contribution in [0.3, 0.4) is 0 Å². The van der Waals surface area contributed by atoms with E-state index in [0.717, 1.165) is 34.5 Å². The normalized spacial score (nSPS) is 10.9. The van der Waals surface area contributed by atoms with Gasteiger partial charge >= 0.3 is 0 Å². The Morgan fingerprint density at radius 2 is 1.28 bits per heavy atom. The summed E-state index contributed by atoms with van der Waals surface area (Å²) in [6, 6.07) is 17.1. The first-order valence-corrected chi connectivity index (χ1v) is 8.68. The molecule has 25 heavy (non-hydrogen) atoms. The van der Waals surface area contributed by atoms with Crippen LogP contribution in [-0.4, -0.2) is 0 Å². The third-order valence-electron chi connectivity index (χ3n) is 5.10. The fraction of sp³-hybridized carbons (Fsp3) is 0.217. The first-order chi connectivity index (χ1) is 11.9. The molecule has 0 bridgehead atoms. The minimum absolute atomic E-state index is 0.870. The highest BCUT2D eigenvalue weighted by Crippen LogP contribution is 2.35. The molecule has 0 spiro atoms. The molecule has 4 N–H and O–H groups in total. The highest BCUT2D eigenvalue weighted by Gasteiger charge is 2.15. The molecule has 0 aliphatic carbocycles. The van der Waals surface area contributed by atoms with Crippen molar-refractivity contribution in [2.75, 3.05) is 11.5 Å². The third kappa shape index (κ3) is 3.25. The molecule has 0 amide bonds. The number of aryl methyl sites for hydroxylation is 3. The van der Waals surface area contributed by atoms with Crippen LogP contribution in [0.2, 0.25) is 0 Å². The monoisotopic (exact) mass is 330 g/mol. The molecule has 0 aliphatic rings. The Labute approximate surface area is 150 Å². The number of nitrogen functional groups attached to an aromatic ring is 2. The smallest absolute Gasteiger partial charge is 0.0376 e. The van der Waals surface area contributed by atoms with Gasteiger partial charge in [-0.25, -0.2) is 0 Å². The lowest BCUT2D eigenvalue weighted by molar-refractivity contribution is 1.15. The van der Waals surface area contributed by atoms with Crippen molar-refractivity contribution in [2.24, 2.45) is 0 Å². The Morgan fingerprint density at radius 3 is 1.88 bits per heavy atom. The lowest BCUT2D eigenvalue weighted by Crippen LogP contribution is -2.03. The minimum Gasteiger partial charge on any atom is -0.398 e. The van der Waals surface area contributed by atoms with Crippen LogP contribution in [0.15, 0.2) is 48.5 Å². The summed E-state index contributed by atoms with van der Waals surface area (Å²) in [5.41, 5.74) is 23.8. The molecule has 0 radical (unpaired) electrons. The Bertz CT molecular complexity index is 902. The predicted octanol–water partition coefficient (Wildman–Crippen LogP) is 5.34. The van der Waals surface area contributed by atoms with Gasteiger partial charge in [-0.15, -0.1) is 0 Å². The molecule has 0 heterocycles. The fourth-order valence-corrected chi connectivity index (χ4v) is 3.46. The number of hydrogen-bond acceptors (Lipinski definition) is 2. The van der Waals surface area contributed by atoms with Crippen molar-refractivity contribution in [3.63, 3.8) is 0 Å². The SMILES string of the molecule is Cc1cc(-c2cc(C)c(N)c(C)c2Cc2ccccc2)cc(C)c1N. The van der Waals surface area contributed by atoms with E-state index in [0.29, 0.717) is 0 Å². The number of nitrogens with two attached hydrogens (primary N) is 2. The standard InChI is InChI=1S/C23H26N2/c1-14-10-19(11-15(2)22(14)24)21-12-16(3)23(25)17(4)20(21)13-18-8-6-5-7-9-18/h5-12H,13,24-25H2,1-4H3. The van der Waals surface area contributed by atoms with Crippen LogP contribution in [0.4, 0.5) is 11.4 Å². The van der Waals surface area contributed by atoms with Crippen molar-refractivity contribution in [3.8, 4) is 11.1 Å². The highest BCUT2D eigenvalue weighted by atomic mass is 14.6. The van der Waals surface area contributed by atoms with E-state index in [4.69, 9.17) is 11.5 Å². The molecular weight excluding hydrogens is 304 g/mol.